The van der Waals surface area contributed by atoms with Gasteiger partial charge in [-0.15, -0.1) is 5.06 Å². The van der Waals surface area contributed by atoms with Gasteiger partial charge in [0.25, 0.3) is 0 Å². The second-order valence-corrected chi connectivity index (χ2v) is 4.09. The Hall–Kier alpha value is -1.35. The molecule has 0 spiro atoms. The maximum absolute atomic E-state index is 11.5. The zero-order valence-corrected chi connectivity index (χ0v) is 9.39. The molecule has 0 radical (unpaired) electrons. The van der Waals surface area contributed by atoms with Crippen LogP contribution in [0.3, 0.4) is 0 Å². The minimum atomic E-state index is -0.120. The van der Waals surface area contributed by atoms with Crippen LogP contribution in [0.4, 0.5) is 0 Å². The van der Waals surface area contributed by atoms with Gasteiger partial charge in [-0.2, -0.15) is 0 Å². The molecule has 3 nitrogen and oxygen atoms in total. The molecule has 86 valence electrons. The minimum absolute atomic E-state index is 0.120. The molecule has 1 aromatic carbocycles. The average Bonchev–Trinajstić information content (AvgIpc) is 2.81. The summed E-state index contributed by atoms with van der Waals surface area (Å²) >= 11 is 0. The van der Waals surface area contributed by atoms with Crippen molar-refractivity contribution in [3.05, 3.63) is 35.9 Å². The van der Waals surface area contributed by atoms with Crippen molar-refractivity contribution in [3.63, 3.8) is 0 Å². The van der Waals surface area contributed by atoms with E-state index in [0.717, 1.165) is 32.4 Å². The Labute approximate surface area is 96.0 Å². The lowest BCUT2D eigenvalue weighted by molar-refractivity contribution is -0.185. The third kappa shape index (κ3) is 3.35. The van der Waals surface area contributed by atoms with Gasteiger partial charge in [-0.25, -0.2) is 0 Å². The largest absolute Gasteiger partial charge is 0.368 e. The quantitative estimate of drug-likeness (QED) is 0.777. The fraction of sp³-hybridized carbons (Fsp3) is 0.462. The van der Waals surface area contributed by atoms with Crippen LogP contribution >= 0.6 is 0 Å². The van der Waals surface area contributed by atoms with E-state index in [-0.39, 0.29) is 5.97 Å². The number of hydrogen-bond acceptors (Lipinski definition) is 3. The van der Waals surface area contributed by atoms with Gasteiger partial charge in [-0.3, -0.25) is 4.79 Å². The van der Waals surface area contributed by atoms with Crippen molar-refractivity contribution >= 4 is 5.97 Å². The fourth-order valence-corrected chi connectivity index (χ4v) is 1.86. The lowest BCUT2D eigenvalue weighted by Crippen LogP contribution is -2.24. The summed E-state index contributed by atoms with van der Waals surface area (Å²) in [4.78, 5) is 16.7. The molecule has 1 heterocycles. The standard InChI is InChI=1S/C13H17NO2/c15-13(16-14-10-4-5-11-14)9-8-12-6-2-1-3-7-12/h1-3,6-7H,4-5,8-11H2. The van der Waals surface area contributed by atoms with Crippen LogP contribution in [-0.2, 0) is 16.1 Å². The van der Waals surface area contributed by atoms with Crippen molar-refractivity contribution in [3.8, 4) is 0 Å². The van der Waals surface area contributed by atoms with Crippen LogP contribution in [0.1, 0.15) is 24.8 Å². The van der Waals surface area contributed by atoms with Crippen molar-refractivity contribution in [1.82, 2.24) is 5.06 Å². The Morgan fingerprint density at radius 1 is 1.19 bits per heavy atom. The molecule has 0 aromatic heterocycles. The number of carbonyl (C=O) groups is 1. The Kier molecular flexibility index (Phi) is 3.94. The summed E-state index contributed by atoms with van der Waals surface area (Å²) in [5.74, 6) is -0.120. The summed E-state index contributed by atoms with van der Waals surface area (Å²) in [7, 11) is 0. The van der Waals surface area contributed by atoms with Crippen molar-refractivity contribution in [2.75, 3.05) is 13.1 Å². The van der Waals surface area contributed by atoms with Crippen LogP contribution in [0.15, 0.2) is 30.3 Å². The van der Waals surface area contributed by atoms with Crippen molar-refractivity contribution in [2.24, 2.45) is 0 Å². The lowest BCUT2D eigenvalue weighted by atomic mass is 10.1. The van der Waals surface area contributed by atoms with E-state index >= 15 is 0 Å². The molecule has 1 fully saturated rings. The minimum Gasteiger partial charge on any atom is -0.368 e. The van der Waals surface area contributed by atoms with E-state index in [4.69, 9.17) is 4.84 Å². The molecule has 0 unspecified atom stereocenters. The summed E-state index contributed by atoms with van der Waals surface area (Å²) in [6.45, 7) is 1.77. The van der Waals surface area contributed by atoms with Gasteiger partial charge < -0.3 is 4.84 Å². The predicted octanol–water partition coefficient (Wildman–Crippen LogP) is 2.17. The molecule has 0 bridgehead atoms. The van der Waals surface area contributed by atoms with Crippen molar-refractivity contribution in [2.45, 2.75) is 25.7 Å². The number of rotatable bonds is 4. The fourth-order valence-electron chi connectivity index (χ4n) is 1.86. The molecular weight excluding hydrogens is 202 g/mol. The lowest BCUT2D eigenvalue weighted by Gasteiger charge is -2.13. The van der Waals surface area contributed by atoms with E-state index in [9.17, 15) is 4.79 Å². The molecule has 1 aliphatic rings. The van der Waals surface area contributed by atoms with E-state index in [2.05, 4.69) is 0 Å². The number of aryl methyl sites for hydroxylation is 1. The Bertz CT molecular complexity index is 331. The molecule has 0 N–H and O–H groups in total. The van der Waals surface area contributed by atoms with Crippen LogP contribution in [0.25, 0.3) is 0 Å². The molecule has 2 rings (SSSR count). The number of hydrogen-bond donors (Lipinski definition) is 0. The van der Waals surface area contributed by atoms with Gasteiger partial charge in [-0.05, 0) is 24.8 Å². The van der Waals surface area contributed by atoms with Gasteiger partial charge in [0, 0.05) is 13.1 Å². The zero-order chi connectivity index (χ0) is 11.2. The highest BCUT2D eigenvalue weighted by Gasteiger charge is 2.15. The Morgan fingerprint density at radius 3 is 2.56 bits per heavy atom. The third-order valence-electron chi connectivity index (χ3n) is 2.76. The van der Waals surface area contributed by atoms with E-state index < -0.39 is 0 Å². The van der Waals surface area contributed by atoms with Crippen molar-refractivity contribution < 1.29 is 9.63 Å². The van der Waals surface area contributed by atoms with Gasteiger partial charge >= 0.3 is 5.97 Å². The highest BCUT2D eigenvalue weighted by atomic mass is 16.7. The molecule has 0 atom stereocenters. The molecule has 0 aliphatic carbocycles. The first-order valence-corrected chi connectivity index (χ1v) is 5.84. The topological polar surface area (TPSA) is 29.5 Å². The molecule has 3 heteroatoms. The molecule has 0 amide bonds. The van der Waals surface area contributed by atoms with Crippen LogP contribution in [-0.4, -0.2) is 24.1 Å². The summed E-state index contributed by atoms with van der Waals surface area (Å²) in [6.07, 6.45) is 3.48. The SMILES string of the molecule is O=C(CCc1ccccc1)ON1CCCC1. The van der Waals surface area contributed by atoms with Crippen LogP contribution in [0.5, 0.6) is 0 Å². The van der Waals surface area contributed by atoms with Gasteiger partial charge in [0.05, 0.1) is 6.42 Å². The first-order chi connectivity index (χ1) is 7.84. The van der Waals surface area contributed by atoms with E-state index in [1.54, 1.807) is 5.06 Å². The number of hydroxylamine groups is 2. The average molecular weight is 219 g/mol. The second kappa shape index (κ2) is 5.66. The maximum atomic E-state index is 11.5. The monoisotopic (exact) mass is 219 g/mol. The van der Waals surface area contributed by atoms with Crippen molar-refractivity contribution in [1.29, 1.82) is 0 Å². The van der Waals surface area contributed by atoms with Gasteiger partial charge in [-0.1, -0.05) is 30.3 Å². The first-order valence-electron chi connectivity index (χ1n) is 5.84. The Balaban J connectivity index is 1.71. The summed E-state index contributed by atoms with van der Waals surface area (Å²) in [5, 5.41) is 1.77. The van der Waals surface area contributed by atoms with Crippen LogP contribution < -0.4 is 0 Å². The number of carbonyl (C=O) groups excluding carboxylic acids is 1. The highest BCUT2D eigenvalue weighted by molar-refractivity contribution is 5.69. The van der Waals surface area contributed by atoms with Gasteiger partial charge in [0.2, 0.25) is 0 Å². The highest BCUT2D eigenvalue weighted by Crippen LogP contribution is 2.09. The molecule has 0 saturated carbocycles. The summed E-state index contributed by atoms with van der Waals surface area (Å²) < 4.78 is 0. The van der Waals surface area contributed by atoms with E-state index in [0.29, 0.717) is 6.42 Å². The van der Waals surface area contributed by atoms with E-state index in [1.165, 1.54) is 5.56 Å². The second-order valence-electron chi connectivity index (χ2n) is 4.09. The number of benzene rings is 1. The molecule has 1 saturated heterocycles. The van der Waals surface area contributed by atoms with Crippen LogP contribution in [0, 0.1) is 0 Å². The van der Waals surface area contributed by atoms with Gasteiger partial charge in [0.1, 0.15) is 0 Å². The zero-order valence-electron chi connectivity index (χ0n) is 9.39. The van der Waals surface area contributed by atoms with Gasteiger partial charge in [0.15, 0.2) is 0 Å². The maximum Gasteiger partial charge on any atom is 0.325 e. The predicted molar refractivity (Wildman–Crippen MR) is 61.7 cm³/mol. The normalized spacial score (nSPS) is 16.2. The molecular formula is C13H17NO2. The Morgan fingerprint density at radius 2 is 1.88 bits per heavy atom. The molecule has 1 aliphatic heterocycles. The third-order valence-corrected chi connectivity index (χ3v) is 2.76. The number of nitrogens with zero attached hydrogens (tertiary/aromatic N) is 1. The molecule has 1 aromatic rings. The van der Waals surface area contributed by atoms with E-state index in [1.807, 2.05) is 30.3 Å². The summed E-state index contributed by atoms with van der Waals surface area (Å²) in [6, 6.07) is 10.0. The first kappa shape index (κ1) is 11.1. The smallest absolute Gasteiger partial charge is 0.325 e. The summed E-state index contributed by atoms with van der Waals surface area (Å²) in [5.41, 5.74) is 1.18. The molecule has 16 heavy (non-hydrogen) atoms. The van der Waals surface area contributed by atoms with Crippen LogP contribution in [0.2, 0.25) is 0 Å².